The summed E-state index contributed by atoms with van der Waals surface area (Å²) in [6, 6.07) is 2.60. The molecule has 1 aliphatic rings. The molecule has 2 unspecified atom stereocenters. The Balaban J connectivity index is 2.19. The SMILES string of the molecule is CC(N)c1ccnn1C1CCN(C)C1. The minimum atomic E-state index is 0.0726. The molecule has 78 valence electrons. The van der Waals surface area contributed by atoms with Crippen LogP contribution in [-0.2, 0) is 0 Å². The second-order valence-electron chi connectivity index (χ2n) is 4.19. The van der Waals surface area contributed by atoms with E-state index in [0.29, 0.717) is 6.04 Å². The first-order valence-electron chi connectivity index (χ1n) is 5.16. The predicted molar refractivity (Wildman–Crippen MR) is 56.0 cm³/mol. The molecule has 1 aliphatic heterocycles. The van der Waals surface area contributed by atoms with Crippen LogP contribution in [0.5, 0.6) is 0 Å². The standard InChI is InChI=1S/C10H18N4/c1-8(11)10-3-5-12-14(10)9-4-6-13(2)7-9/h3,5,8-9H,4,6-7,11H2,1-2H3. The lowest BCUT2D eigenvalue weighted by Crippen LogP contribution is -2.21. The molecule has 4 nitrogen and oxygen atoms in total. The van der Waals surface area contributed by atoms with Crippen LogP contribution in [0, 0.1) is 0 Å². The maximum absolute atomic E-state index is 5.89. The summed E-state index contributed by atoms with van der Waals surface area (Å²) in [5.41, 5.74) is 7.03. The van der Waals surface area contributed by atoms with Gasteiger partial charge in [0.25, 0.3) is 0 Å². The number of aromatic nitrogens is 2. The molecule has 0 radical (unpaired) electrons. The van der Waals surface area contributed by atoms with Crippen molar-refractivity contribution in [1.29, 1.82) is 0 Å². The summed E-state index contributed by atoms with van der Waals surface area (Å²) in [6.07, 6.45) is 3.02. The Labute approximate surface area is 84.7 Å². The summed E-state index contributed by atoms with van der Waals surface area (Å²) < 4.78 is 2.09. The number of hydrogen-bond acceptors (Lipinski definition) is 3. The van der Waals surface area contributed by atoms with Gasteiger partial charge in [0.2, 0.25) is 0 Å². The number of likely N-dealkylation sites (tertiary alicyclic amines) is 1. The van der Waals surface area contributed by atoms with Crippen LogP contribution in [-0.4, -0.2) is 34.8 Å². The van der Waals surface area contributed by atoms with E-state index in [1.54, 1.807) is 0 Å². The van der Waals surface area contributed by atoms with Crippen LogP contribution in [0.3, 0.4) is 0 Å². The maximum Gasteiger partial charge on any atom is 0.0662 e. The van der Waals surface area contributed by atoms with Gasteiger partial charge in [-0.05, 0) is 33.0 Å². The molecule has 14 heavy (non-hydrogen) atoms. The topological polar surface area (TPSA) is 47.1 Å². The molecule has 1 fully saturated rings. The van der Waals surface area contributed by atoms with Crippen LogP contribution < -0.4 is 5.73 Å². The minimum Gasteiger partial charge on any atom is -0.323 e. The first-order valence-corrected chi connectivity index (χ1v) is 5.16. The van der Waals surface area contributed by atoms with Crippen molar-refractivity contribution in [3.8, 4) is 0 Å². The van der Waals surface area contributed by atoms with E-state index in [1.165, 1.54) is 6.42 Å². The van der Waals surface area contributed by atoms with Crippen LogP contribution in [0.15, 0.2) is 12.3 Å². The molecule has 0 amide bonds. The van der Waals surface area contributed by atoms with E-state index in [4.69, 9.17) is 5.73 Å². The number of likely N-dealkylation sites (N-methyl/N-ethyl adjacent to an activating group) is 1. The zero-order valence-corrected chi connectivity index (χ0v) is 8.85. The van der Waals surface area contributed by atoms with Gasteiger partial charge in [0, 0.05) is 18.8 Å². The van der Waals surface area contributed by atoms with Crippen LogP contribution in [0.1, 0.15) is 31.1 Å². The largest absolute Gasteiger partial charge is 0.323 e. The molecule has 2 heterocycles. The van der Waals surface area contributed by atoms with Gasteiger partial charge in [0.15, 0.2) is 0 Å². The Bertz CT molecular complexity index is 305. The predicted octanol–water partition coefficient (Wildman–Crippen LogP) is 0.779. The second kappa shape index (κ2) is 3.71. The van der Waals surface area contributed by atoms with Gasteiger partial charge in [-0.1, -0.05) is 0 Å². The third-order valence-corrected chi connectivity index (χ3v) is 2.88. The quantitative estimate of drug-likeness (QED) is 0.756. The molecule has 0 saturated carbocycles. The normalized spacial score (nSPS) is 25.5. The molecule has 1 saturated heterocycles. The number of hydrogen-bond donors (Lipinski definition) is 1. The summed E-state index contributed by atoms with van der Waals surface area (Å²) in [7, 11) is 2.15. The minimum absolute atomic E-state index is 0.0726. The van der Waals surface area contributed by atoms with Crippen molar-refractivity contribution in [3.05, 3.63) is 18.0 Å². The second-order valence-corrected chi connectivity index (χ2v) is 4.19. The van der Waals surface area contributed by atoms with Gasteiger partial charge in [-0.25, -0.2) is 0 Å². The molecule has 2 rings (SSSR count). The van der Waals surface area contributed by atoms with Crippen LogP contribution in [0.4, 0.5) is 0 Å². The van der Waals surface area contributed by atoms with Crippen molar-refractivity contribution < 1.29 is 0 Å². The Kier molecular flexibility index (Phi) is 2.56. The number of nitrogens with zero attached hydrogens (tertiary/aromatic N) is 3. The first-order chi connectivity index (χ1) is 6.68. The van der Waals surface area contributed by atoms with Gasteiger partial charge in [0.05, 0.1) is 11.7 Å². The van der Waals surface area contributed by atoms with Crippen LogP contribution >= 0.6 is 0 Å². The van der Waals surface area contributed by atoms with E-state index in [-0.39, 0.29) is 6.04 Å². The smallest absolute Gasteiger partial charge is 0.0662 e. The highest BCUT2D eigenvalue weighted by molar-refractivity contribution is 5.07. The Morgan fingerprint density at radius 2 is 2.43 bits per heavy atom. The number of rotatable bonds is 2. The van der Waals surface area contributed by atoms with Gasteiger partial charge < -0.3 is 10.6 Å². The van der Waals surface area contributed by atoms with E-state index in [0.717, 1.165) is 18.8 Å². The molecule has 1 aromatic heterocycles. The van der Waals surface area contributed by atoms with Crippen LogP contribution in [0.25, 0.3) is 0 Å². The van der Waals surface area contributed by atoms with Gasteiger partial charge in [-0.2, -0.15) is 5.10 Å². The lowest BCUT2D eigenvalue weighted by atomic mass is 10.2. The molecule has 0 spiro atoms. The van der Waals surface area contributed by atoms with Crippen molar-refractivity contribution in [2.45, 2.75) is 25.4 Å². The lowest BCUT2D eigenvalue weighted by molar-refractivity contribution is 0.375. The molecule has 0 aromatic carbocycles. The van der Waals surface area contributed by atoms with E-state index in [2.05, 4.69) is 21.7 Å². The monoisotopic (exact) mass is 194 g/mol. The highest BCUT2D eigenvalue weighted by Gasteiger charge is 2.23. The highest BCUT2D eigenvalue weighted by atomic mass is 15.3. The first kappa shape index (κ1) is 9.68. The Hall–Kier alpha value is -0.870. The molecule has 0 aliphatic carbocycles. The van der Waals surface area contributed by atoms with Gasteiger partial charge in [0.1, 0.15) is 0 Å². The van der Waals surface area contributed by atoms with Crippen molar-refractivity contribution >= 4 is 0 Å². The van der Waals surface area contributed by atoms with E-state index in [1.807, 2.05) is 19.2 Å². The van der Waals surface area contributed by atoms with E-state index in [9.17, 15) is 0 Å². The summed E-state index contributed by atoms with van der Waals surface area (Å²) >= 11 is 0. The molecule has 0 bridgehead atoms. The Morgan fingerprint density at radius 1 is 1.64 bits per heavy atom. The zero-order chi connectivity index (χ0) is 10.1. The van der Waals surface area contributed by atoms with Gasteiger partial charge in [-0.15, -0.1) is 0 Å². The zero-order valence-electron chi connectivity index (χ0n) is 8.85. The average molecular weight is 194 g/mol. The molecule has 1 aromatic rings. The highest BCUT2D eigenvalue weighted by Crippen LogP contribution is 2.22. The third kappa shape index (κ3) is 1.67. The molecular formula is C10H18N4. The summed E-state index contributed by atoms with van der Waals surface area (Å²) in [5.74, 6) is 0. The molecular weight excluding hydrogens is 176 g/mol. The maximum atomic E-state index is 5.89. The van der Waals surface area contributed by atoms with Crippen molar-refractivity contribution in [1.82, 2.24) is 14.7 Å². The van der Waals surface area contributed by atoms with Crippen molar-refractivity contribution in [2.24, 2.45) is 5.73 Å². The summed E-state index contributed by atoms with van der Waals surface area (Å²) in [5, 5.41) is 4.36. The van der Waals surface area contributed by atoms with Crippen molar-refractivity contribution in [2.75, 3.05) is 20.1 Å². The van der Waals surface area contributed by atoms with Crippen LogP contribution in [0.2, 0.25) is 0 Å². The molecule has 2 atom stereocenters. The van der Waals surface area contributed by atoms with Crippen molar-refractivity contribution in [3.63, 3.8) is 0 Å². The molecule has 4 heteroatoms. The van der Waals surface area contributed by atoms with Gasteiger partial charge >= 0.3 is 0 Å². The fourth-order valence-electron chi connectivity index (χ4n) is 2.10. The number of nitrogens with two attached hydrogens (primary N) is 1. The fraction of sp³-hybridized carbons (Fsp3) is 0.700. The third-order valence-electron chi connectivity index (χ3n) is 2.88. The summed E-state index contributed by atoms with van der Waals surface area (Å²) in [6.45, 7) is 4.25. The van der Waals surface area contributed by atoms with E-state index >= 15 is 0 Å². The molecule has 2 N–H and O–H groups in total. The van der Waals surface area contributed by atoms with E-state index < -0.39 is 0 Å². The average Bonchev–Trinajstić information content (AvgIpc) is 2.70. The van der Waals surface area contributed by atoms with Gasteiger partial charge in [-0.3, -0.25) is 4.68 Å². The Morgan fingerprint density at radius 3 is 3.00 bits per heavy atom. The lowest BCUT2D eigenvalue weighted by Gasteiger charge is -2.16. The summed E-state index contributed by atoms with van der Waals surface area (Å²) in [4.78, 5) is 2.33. The fourth-order valence-corrected chi connectivity index (χ4v) is 2.10.